The zero-order chi connectivity index (χ0) is 18.8. The van der Waals surface area contributed by atoms with E-state index in [0.717, 1.165) is 37.6 Å². The van der Waals surface area contributed by atoms with Crippen LogP contribution < -0.4 is 26.7 Å². The van der Waals surface area contributed by atoms with Crippen LogP contribution in [0.2, 0.25) is 0 Å². The SMILES string of the molecule is CC(=O)Nc1cc([As](=O)(O)O)ccc1O.CCCCN=C(N)NN. The van der Waals surface area contributed by atoms with Gasteiger partial charge in [0.15, 0.2) is 0 Å². The molecule has 1 aromatic carbocycles. The number of hydrogen-bond acceptors (Lipinski definition) is 5. The van der Waals surface area contributed by atoms with Gasteiger partial charge in [0.1, 0.15) is 0 Å². The molecule has 0 saturated carbocycles. The number of nitrogens with one attached hydrogen (secondary N) is 2. The summed E-state index contributed by atoms with van der Waals surface area (Å²) in [7, 11) is 0. The van der Waals surface area contributed by atoms with Gasteiger partial charge in [0.25, 0.3) is 0 Å². The molecule has 10 nitrogen and oxygen atoms in total. The van der Waals surface area contributed by atoms with E-state index < -0.39 is 20.1 Å². The average Bonchev–Trinajstić information content (AvgIpc) is 2.48. The van der Waals surface area contributed by atoms with Crippen LogP contribution in [0.3, 0.4) is 0 Å². The number of amides is 1. The largest absolute Gasteiger partial charge is 0.369 e. The molecule has 0 aliphatic carbocycles. The molecule has 136 valence electrons. The standard InChI is InChI=1S/C8H10AsNO5.C5H14N4/c1-5(11)10-7-4-6(9(13,14)15)2-3-8(7)12;1-2-3-4-8-5(6)9-7/h2-4,12H,1H3,(H,10,11)(H2,13,14,15);2-4,7H2,1H3,(H3,6,8,9). The molecule has 1 rings (SSSR count). The van der Waals surface area contributed by atoms with Crippen molar-refractivity contribution in [3.8, 4) is 5.75 Å². The van der Waals surface area contributed by atoms with Gasteiger partial charge in [0.2, 0.25) is 5.96 Å². The van der Waals surface area contributed by atoms with Crippen molar-refractivity contribution in [2.24, 2.45) is 16.6 Å². The number of aromatic hydroxyl groups is 1. The van der Waals surface area contributed by atoms with Gasteiger partial charge in [0.05, 0.1) is 0 Å². The molecule has 11 heteroatoms. The van der Waals surface area contributed by atoms with Crippen molar-refractivity contribution >= 4 is 36.1 Å². The minimum Gasteiger partial charge on any atom is -0.369 e. The van der Waals surface area contributed by atoms with Crippen molar-refractivity contribution in [1.82, 2.24) is 5.43 Å². The molecule has 24 heavy (non-hydrogen) atoms. The van der Waals surface area contributed by atoms with E-state index in [9.17, 15) is 13.6 Å². The maximum Gasteiger partial charge on any atom is 0.203 e. The van der Waals surface area contributed by atoms with Crippen molar-refractivity contribution in [3.05, 3.63) is 18.2 Å². The minimum absolute atomic E-state index is 0.00951. The normalized spacial score (nSPS) is 11.3. The van der Waals surface area contributed by atoms with Crippen LogP contribution in [0.15, 0.2) is 23.2 Å². The zero-order valence-electron chi connectivity index (χ0n) is 13.6. The fourth-order valence-electron chi connectivity index (χ4n) is 1.40. The molecule has 1 amide bonds. The third kappa shape index (κ3) is 9.21. The van der Waals surface area contributed by atoms with Gasteiger partial charge in [-0.2, -0.15) is 0 Å². The van der Waals surface area contributed by atoms with E-state index in [1.54, 1.807) is 0 Å². The Bertz CT molecular complexity index is 617. The second-order valence-corrected chi connectivity index (χ2v) is 8.06. The summed E-state index contributed by atoms with van der Waals surface area (Å²) in [5, 5.41) is 11.6. The quantitative estimate of drug-likeness (QED) is 0.0586. The Morgan fingerprint density at radius 2 is 2.00 bits per heavy atom. The van der Waals surface area contributed by atoms with Gasteiger partial charge < -0.3 is 5.73 Å². The molecule has 9 N–H and O–H groups in total. The second-order valence-electron chi connectivity index (χ2n) is 4.69. The van der Waals surface area contributed by atoms with Gasteiger partial charge in [-0.3, -0.25) is 10.4 Å². The molecule has 1 aromatic rings. The fraction of sp³-hybridized carbons (Fsp3) is 0.385. The predicted molar refractivity (Wildman–Crippen MR) is 91.6 cm³/mol. The second kappa shape index (κ2) is 10.7. The molecule has 0 aliphatic heterocycles. The number of carbonyl (C=O) groups excluding carboxylic acids is 1. The van der Waals surface area contributed by atoms with Crippen LogP contribution in [-0.2, 0) is 8.53 Å². The summed E-state index contributed by atoms with van der Waals surface area (Å²) in [5.74, 6) is 4.59. The molecule has 0 fully saturated rings. The molecule has 0 atom stereocenters. The first-order valence-electron chi connectivity index (χ1n) is 7.05. The number of anilines is 1. The van der Waals surface area contributed by atoms with Crippen LogP contribution in [0, 0.1) is 0 Å². The molecule has 0 aromatic heterocycles. The van der Waals surface area contributed by atoms with Gasteiger partial charge >= 0.3 is 88.1 Å². The Balaban J connectivity index is 0.000000506. The Labute approximate surface area is 142 Å². The number of rotatable bonds is 5. The summed E-state index contributed by atoms with van der Waals surface area (Å²) in [6.45, 7) is 4.09. The molecule has 0 saturated heterocycles. The van der Waals surface area contributed by atoms with E-state index in [-0.39, 0.29) is 15.8 Å². The van der Waals surface area contributed by atoms with Gasteiger partial charge in [-0.1, -0.05) is 13.3 Å². The summed E-state index contributed by atoms with van der Waals surface area (Å²) >= 11 is -4.98. The number of carbonyl (C=O) groups is 1. The Kier molecular flexibility index (Phi) is 9.82. The van der Waals surface area contributed by atoms with Crippen molar-refractivity contribution < 1.29 is 21.8 Å². The van der Waals surface area contributed by atoms with Crippen molar-refractivity contribution in [1.29, 1.82) is 0 Å². The van der Waals surface area contributed by atoms with Crippen molar-refractivity contribution in [2.45, 2.75) is 26.7 Å². The molecule has 0 heterocycles. The third-order valence-corrected chi connectivity index (χ3v) is 4.56. The summed E-state index contributed by atoms with van der Waals surface area (Å²) < 4.78 is 28.6. The van der Waals surface area contributed by atoms with E-state index in [1.165, 1.54) is 6.92 Å². The molecular formula is C13H24AsN5O5. The third-order valence-electron chi connectivity index (χ3n) is 2.57. The Hall–Kier alpha value is -2.00. The fourth-order valence-corrected chi connectivity index (χ4v) is 2.59. The Morgan fingerprint density at radius 1 is 1.38 bits per heavy atom. The first kappa shape index (κ1) is 22.0. The summed E-state index contributed by atoms with van der Waals surface area (Å²) in [5.41, 5.74) is 7.47. The molecule has 0 radical (unpaired) electrons. The Morgan fingerprint density at radius 3 is 2.46 bits per heavy atom. The number of hydrogen-bond donors (Lipinski definition) is 7. The minimum atomic E-state index is -4.98. The smallest absolute Gasteiger partial charge is 0.203 e. The van der Waals surface area contributed by atoms with Crippen LogP contribution in [0.4, 0.5) is 5.69 Å². The summed E-state index contributed by atoms with van der Waals surface area (Å²) in [6.07, 6.45) is 2.18. The topological polar surface area (TPSA) is 183 Å². The first-order chi connectivity index (χ1) is 11.1. The van der Waals surface area contributed by atoms with Crippen LogP contribution in [0.1, 0.15) is 26.7 Å². The monoisotopic (exact) mass is 405 g/mol. The van der Waals surface area contributed by atoms with E-state index in [4.69, 9.17) is 19.8 Å². The van der Waals surface area contributed by atoms with Crippen molar-refractivity contribution in [2.75, 3.05) is 11.9 Å². The van der Waals surface area contributed by atoms with Crippen LogP contribution in [0.25, 0.3) is 0 Å². The van der Waals surface area contributed by atoms with E-state index in [0.29, 0.717) is 5.96 Å². The van der Waals surface area contributed by atoms with E-state index in [1.807, 2.05) is 0 Å². The van der Waals surface area contributed by atoms with Gasteiger partial charge in [-0.05, 0) is 6.42 Å². The van der Waals surface area contributed by atoms with Crippen molar-refractivity contribution in [3.63, 3.8) is 0 Å². The number of hydrazine groups is 1. The summed E-state index contributed by atoms with van der Waals surface area (Å²) in [6, 6.07) is 3.32. The number of phenolic OH excluding ortho intramolecular Hbond substituents is 1. The van der Waals surface area contributed by atoms with Crippen LogP contribution in [-0.4, -0.2) is 45.9 Å². The molecular weight excluding hydrogens is 381 g/mol. The van der Waals surface area contributed by atoms with E-state index >= 15 is 0 Å². The first-order valence-corrected chi connectivity index (χ1v) is 10.4. The van der Waals surface area contributed by atoms with Gasteiger partial charge in [0, 0.05) is 6.54 Å². The van der Waals surface area contributed by atoms with Crippen LogP contribution in [0.5, 0.6) is 5.75 Å². The van der Waals surface area contributed by atoms with Gasteiger partial charge in [-0.25, -0.2) is 5.84 Å². The maximum absolute atomic E-state index is 10.9. The molecule has 0 unspecified atom stereocenters. The number of guanidine groups is 1. The number of unbranched alkanes of at least 4 members (excludes halogenated alkanes) is 1. The number of nitrogens with two attached hydrogens (primary N) is 2. The summed E-state index contributed by atoms with van der Waals surface area (Å²) in [4.78, 5) is 14.6. The molecule has 0 spiro atoms. The zero-order valence-corrected chi connectivity index (χ0v) is 15.4. The molecule has 0 aliphatic rings. The van der Waals surface area contributed by atoms with Crippen LogP contribution >= 0.6 is 0 Å². The average molecular weight is 405 g/mol. The maximum atomic E-state index is 10.9. The number of nitrogens with zero attached hydrogens (tertiary/aromatic N) is 1. The number of phenols is 1. The molecule has 0 bridgehead atoms. The predicted octanol–water partition coefficient (Wildman–Crippen LogP) is -1.52. The number of aliphatic imine (C=N–C) groups is 1. The van der Waals surface area contributed by atoms with E-state index in [2.05, 4.69) is 22.7 Å². The number of benzene rings is 1. The van der Waals surface area contributed by atoms with Gasteiger partial charge in [-0.15, -0.1) is 0 Å².